The predicted molar refractivity (Wildman–Crippen MR) is 102 cm³/mol. The Morgan fingerprint density at radius 2 is 2.00 bits per heavy atom. The summed E-state index contributed by atoms with van der Waals surface area (Å²) in [6.45, 7) is 3.31. The van der Waals surface area contributed by atoms with E-state index in [9.17, 15) is 12.8 Å². The van der Waals surface area contributed by atoms with Crippen molar-refractivity contribution in [3.63, 3.8) is 0 Å². The molecule has 0 saturated heterocycles. The van der Waals surface area contributed by atoms with Crippen molar-refractivity contribution in [3.8, 4) is 5.75 Å². The van der Waals surface area contributed by atoms with Gasteiger partial charge in [0.25, 0.3) is 10.0 Å². The van der Waals surface area contributed by atoms with Crippen molar-refractivity contribution in [3.05, 3.63) is 64.7 Å². The molecule has 0 aliphatic rings. The zero-order chi connectivity index (χ0) is 19.6. The fourth-order valence-electron chi connectivity index (χ4n) is 2.29. The lowest BCUT2D eigenvalue weighted by atomic mass is 10.2. The van der Waals surface area contributed by atoms with Crippen LogP contribution in [0, 0.1) is 12.7 Å². The molecule has 1 N–H and O–H groups in total. The Labute approximate surface area is 165 Å². The van der Waals surface area contributed by atoms with E-state index in [4.69, 9.17) is 16.3 Å². The topological polar surface area (TPSA) is 81.2 Å². The van der Waals surface area contributed by atoms with Crippen molar-refractivity contribution >= 4 is 38.3 Å². The van der Waals surface area contributed by atoms with Crippen LogP contribution < -0.4 is 9.46 Å². The van der Waals surface area contributed by atoms with Crippen LogP contribution >= 0.6 is 23.1 Å². The summed E-state index contributed by atoms with van der Waals surface area (Å²) in [5.41, 5.74) is 0.444. The quantitative estimate of drug-likeness (QED) is 0.622. The van der Waals surface area contributed by atoms with Crippen molar-refractivity contribution in [2.45, 2.75) is 24.8 Å². The normalized spacial score (nSPS) is 12.6. The van der Waals surface area contributed by atoms with Gasteiger partial charge in [0, 0.05) is 22.6 Å². The largest absolute Gasteiger partial charge is 0.483 e. The number of aromatic nitrogens is 2. The Hall–Kier alpha value is -2.23. The molecule has 2 aromatic carbocycles. The Morgan fingerprint density at radius 3 is 2.74 bits per heavy atom. The van der Waals surface area contributed by atoms with E-state index in [0.29, 0.717) is 16.3 Å². The second-order valence-electron chi connectivity index (χ2n) is 5.64. The Balaban J connectivity index is 1.76. The molecule has 0 aliphatic heterocycles. The van der Waals surface area contributed by atoms with E-state index in [2.05, 4.69) is 14.1 Å². The molecule has 0 saturated carbocycles. The van der Waals surface area contributed by atoms with Gasteiger partial charge in [0.2, 0.25) is 5.13 Å². The average molecular weight is 428 g/mol. The number of ether oxygens (including phenoxy) is 1. The summed E-state index contributed by atoms with van der Waals surface area (Å²) in [5, 5.41) is 0.451. The van der Waals surface area contributed by atoms with Crippen molar-refractivity contribution in [1.82, 2.24) is 9.36 Å². The van der Waals surface area contributed by atoms with Crippen LogP contribution in [0.3, 0.4) is 0 Å². The maximum Gasteiger partial charge on any atom is 0.264 e. The maximum absolute atomic E-state index is 13.2. The third-order valence-corrected chi connectivity index (χ3v) is 6.31. The molecular weight excluding hydrogens is 413 g/mol. The Bertz CT molecular complexity index is 1070. The summed E-state index contributed by atoms with van der Waals surface area (Å²) in [6, 6.07) is 10.3. The van der Waals surface area contributed by atoms with Crippen LogP contribution in [0.1, 0.15) is 24.4 Å². The van der Waals surface area contributed by atoms with Crippen molar-refractivity contribution in [2.24, 2.45) is 0 Å². The lowest BCUT2D eigenvalue weighted by molar-refractivity contribution is 0.217. The Morgan fingerprint density at radius 1 is 1.26 bits per heavy atom. The number of hydrogen-bond acceptors (Lipinski definition) is 6. The van der Waals surface area contributed by atoms with Gasteiger partial charge in [0.1, 0.15) is 11.6 Å². The van der Waals surface area contributed by atoms with Crippen molar-refractivity contribution in [1.29, 1.82) is 0 Å². The van der Waals surface area contributed by atoms with Crippen LogP contribution in [0.4, 0.5) is 9.52 Å². The summed E-state index contributed by atoms with van der Waals surface area (Å²) in [4.78, 5) is 4.22. The molecule has 3 rings (SSSR count). The van der Waals surface area contributed by atoms with Gasteiger partial charge < -0.3 is 4.74 Å². The number of nitrogens with zero attached hydrogens (tertiary/aromatic N) is 2. The number of hydrogen-bond donors (Lipinski definition) is 1. The highest BCUT2D eigenvalue weighted by Gasteiger charge is 2.21. The molecule has 0 aliphatic carbocycles. The van der Waals surface area contributed by atoms with Crippen LogP contribution in [0.15, 0.2) is 47.4 Å². The molecule has 0 bridgehead atoms. The van der Waals surface area contributed by atoms with Crippen LogP contribution in [-0.2, 0) is 10.0 Å². The molecule has 0 fully saturated rings. The third kappa shape index (κ3) is 4.55. The lowest BCUT2D eigenvalue weighted by Crippen LogP contribution is -2.14. The van der Waals surface area contributed by atoms with Crippen LogP contribution in [0.2, 0.25) is 5.02 Å². The first-order chi connectivity index (χ1) is 12.8. The van der Waals surface area contributed by atoms with Crippen LogP contribution in [0.25, 0.3) is 0 Å². The SMILES string of the molecule is Cc1c(Cl)cccc1S(=O)(=O)Nc1nc([C@@H](C)Oc2cccc(F)c2)ns1. The molecule has 1 atom stereocenters. The summed E-state index contributed by atoms with van der Waals surface area (Å²) in [7, 11) is -3.86. The molecule has 3 aromatic rings. The highest BCUT2D eigenvalue weighted by Crippen LogP contribution is 2.27. The fraction of sp³-hybridized carbons (Fsp3) is 0.176. The first-order valence-corrected chi connectivity index (χ1v) is 10.4. The summed E-state index contributed by atoms with van der Waals surface area (Å²) < 4.78 is 50.5. The van der Waals surface area contributed by atoms with E-state index in [0.717, 1.165) is 11.5 Å². The van der Waals surface area contributed by atoms with Crippen molar-refractivity contribution in [2.75, 3.05) is 4.72 Å². The van der Waals surface area contributed by atoms with Gasteiger partial charge in [-0.2, -0.15) is 9.36 Å². The highest BCUT2D eigenvalue weighted by molar-refractivity contribution is 7.93. The van der Waals surface area contributed by atoms with Crippen LogP contribution in [-0.4, -0.2) is 17.8 Å². The van der Waals surface area contributed by atoms with E-state index in [-0.39, 0.29) is 15.9 Å². The van der Waals surface area contributed by atoms with Gasteiger partial charge in [0.05, 0.1) is 4.90 Å². The zero-order valence-electron chi connectivity index (χ0n) is 14.3. The zero-order valence-corrected chi connectivity index (χ0v) is 16.7. The predicted octanol–water partition coefficient (Wildman–Crippen LogP) is 4.58. The maximum atomic E-state index is 13.2. The summed E-state index contributed by atoms with van der Waals surface area (Å²) >= 11 is 6.88. The number of halogens is 2. The molecule has 0 unspecified atom stereocenters. The highest BCUT2D eigenvalue weighted by atomic mass is 35.5. The second-order valence-corrected chi connectivity index (χ2v) is 8.45. The van der Waals surface area contributed by atoms with E-state index in [1.807, 2.05) is 0 Å². The van der Waals surface area contributed by atoms with Gasteiger partial charge >= 0.3 is 0 Å². The smallest absolute Gasteiger partial charge is 0.264 e. The number of anilines is 1. The number of nitrogens with one attached hydrogen (secondary N) is 1. The average Bonchev–Trinajstić information content (AvgIpc) is 3.05. The van der Waals surface area contributed by atoms with E-state index in [1.54, 1.807) is 32.0 Å². The summed E-state index contributed by atoms with van der Waals surface area (Å²) in [6.07, 6.45) is -0.589. The van der Waals surface area contributed by atoms with Gasteiger partial charge in [-0.3, -0.25) is 4.72 Å². The molecule has 6 nitrogen and oxygen atoms in total. The molecule has 0 radical (unpaired) electrons. The number of rotatable bonds is 6. The molecule has 1 aromatic heterocycles. The van der Waals surface area contributed by atoms with Gasteiger partial charge in [0.15, 0.2) is 11.9 Å². The van der Waals surface area contributed by atoms with Crippen molar-refractivity contribution < 1.29 is 17.5 Å². The lowest BCUT2D eigenvalue weighted by Gasteiger charge is -2.11. The van der Waals surface area contributed by atoms with Gasteiger partial charge in [-0.05, 0) is 43.7 Å². The minimum Gasteiger partial charge on any atom is -0.483 e. The number of sulfonamides is 1. The fourth-order valence-corrected chi connectivity index (χ4v) is 4.66. The Kier molecular flexibility index (Phi) is 5.64. The van der Waals surface area contributed by atoms with E-state index in [1.165, 1.54) is 24.3 Å². The second kappa shape index (κ2) is 7.79. The van der Waals surface area contributed by atoms with Crippen LogP contribution in [0.5, 0.6) is 5.75 Å². The molecular formula is C17H15ClFN3O3S2. The molecule has 0 spiro atoms. The molecule has 27 heavy (non-hydrogen) atoms. The van der Waals surface area contributed by atoms with E-state index >= 15 is 0 Å². The number of benzene rings is 2. The first kappa shape index (κ1) is 19.5. The first-order valence-electron chi connectivity index (χ1n) is 7.80. The molecule has 1 heterocycles. The molecule has 142 valence electrons. The minimum absolute atomic E-state index is 0.0656. The monoisotopic (exact) mass is 427 g/mol. The molecule has 10 heteroatoms. The summed E-state index contributed by atoms with van der Waals surface area (Å²) in [5.74, 6) is 0.190. The van der Waals surface area contributed by atoms with E-state index < -0.39 is 21.9 Å². The third-order valence-electron chi connectivity index (χ3n) is 3.64. The molecule has 0 amide bonds. The minimum atomic E-state index is -3.86. The standard InChI is InChI=1S/C17H15ClFN3O3S2/c1-10-14(18)7-4-8-15(10)27(23,24)22-17-20-16(21-26-17)11(2)25-13-6-3-5-12(19)9-13/h3-9,11H,1-2H3,(H,20,21,22)/t11-/m1/s1. The van der Waals surface area contributed by atoms with Gasteiger partial charge in [-0.1, -0.05) is 23.7 Å². The van der Waals surface area contributed by atoms with Gasteiger partial charge in [-0.25, -0.2) is 12.8 Å². The van der Waals surface area contributed by atoms with Gasteiger partial charge in [-0.15, -0.1) is 0 Å².